The molecule has 2 aromatic carbocycles. The number of nitrogens with two attached hydrogens (primary N) is 1. The van der Waals surface area contributed by atoms with Crippen molar-refractivity contribution in [3.8, 4) is 0 Å². The number of nitrogens with one attached hydrogen (secondary N) is 1. The summed E-state index contributed by atoms with van der Waals surface area (Å²) in [5.74, 6) is 0.528. The maximum Gasteiger partial charge on any atom is 0.188 e. The van der Waals surface area contributed by atoms with Gasteiger partial charge in [-0.1, -0.05) is 54.1 Å². The fourth-order valence-corrected chi connectivity index (χ4v) is 2.46. The van der Waals surface area contributed by atoms with E-state index in [2.05, 4.69) is 66.6 Å². The first kappa shape index (κ1) is 19.5. The molecular formula is C19H26IN3. The second-order valence-electron chi connectivity index (χ2n) is 5.61. The Hall–Kier alpha value is -1.56. The van der Waals surface area contributed by atoms with Crippen LogP contribution >= 0.6 is 24.0 Å². The summed E-state index contributed by atoms with van der Waals surface area (Å²) in [5, 5.41) is 3.17. The summed E-state index contributed by atoms with van der Waals surface area (Å²) in [6, 6.07) is 16.9. The lowest BCUT2D eigenvalue weighted by Gasteiger charge is -2.07. The third-order valence-electron chi connectivity index (χ3n) is 3.72. The molecule has 4 heteroatoms. The molecule has 0 bridgehead atoms. The molecule has 0 aliphatic heterocycles. The Morgan fingerprint density at radius 1 is 1.04 bits per heavy atom. The average molecular weight is 423 g/mol. The molecule has 0 atom stereocenters. The smallest absolute Gasteiger partial charge is 0.188 e. The van der Waals surface area contributed by atoms with E-state index in [0.29, 0.717) is 12.5 Å². The number of nitrogens with zero attached hydrogens (tertiary/aromatic N) is 1. The number of hydrogen-bond acceptors (Lipinski definition) is 1. The second kappa shape index (κ2) is 10.3. The van der Waals surface area contributed by atoms with Crippen molar-refractivity contribution in [2.75, 3.05) is 13.1 Å². The Balaban J connectivity index is 0.00000264. The van der Waals surface area contributed by atoms with E-state index in [1.54, 1.807) is 0 Å². The first-order chi connectivity index (χ1) is 10.6. The molecule has 3 N–H and O–H groups in total. The van der Waals surface area contributed by atoms with Crippen molar-refractivity contribution in [2.24, 2.45) is 10.7 Å². The SMILES string of the molecule is Cc1ccc(CCN=C(N)NCCc2ccccc2)c(C)c1.I. The molecule has 0 aliphatic carbocycles. The van der Waals surface area contributed by atoms with E-state index < -0.39 is 0 Å². The van der Waals surface area contributed by atoms with Crippen molar-refractivity contribution in [3.05, 3.63) is 70.8 Å². The monoisotopic (exact) mass is 423 g/mol. The van der Waals surface area contributed by atoms with Gasteiger partial charge >= 0.3 is 0 Å². The zero-order valence-electron chi connectivity index (χ0n) is 13.9. The Labute approximate surface area is 156 Å². The zero-order chi connectivity index (χ0) is 15.8. The molecule has 0 unspecified atom stereocenters. The fraction of sp³-hybridized carbons (Fsp3) is 0.316. The van der Waals surface area contributed by atoms with Crippen LogP contribution < -0.4 is 11.1 Å². The number of hydrogen-bond donors (Lipinski definition) is 2. The Kier molecular flexibility index (Phi) is 8.69. The van der Waals surface area contributed by atoms with E-state index in [1.165, 1.54) is 22.3 Å². The van der Waals surface area contributed by atoms with Gasteiger partial charge in [-0.25, -0.2) is 0 Å². The van der Waals surface area contributed by atoms with Crippen LogP contribution in [0.1, 0.15) is 22.3 Å². The number of aliphatic imine (C=N–C) groups is 1. The topological polar surface area (TPSA) is 50.4 Å². The molecule has 0 fully saturated rings. The van der Waals surface area contributed by atoms with Gasteiger partial charge in [0, 0.05) is 13.1 Å². The summed E-state index contributed by atoms with van der Waals surface area (Å²) < 4.78 is 0. The standard InChI is InChI=1S/C19H25N3.HI/c1-15-8-9-18(16(2)14-15)11-13-22-19(20)21-12-10-17-6-4-3-5-7-17;/h3-9,14H,10-13H2,1-2H3,(H3,20,21,22);1H. The highest BCUT2D eigenvalue weighted by Crippen LogP contribution is 2.11. The molecule has 0 saturated carbocycles. The molecule has 2 rings (SSSR count). The lowest BCUT2D eigenvalue weighted by Crippen LogP contribution is -2.33. The Morgan fingerprint density at radius 3 is 2.48 bits per heavy atom. The lowest BCUT2D eigenvalue weighted by atomic mass is 10.0. The third kappa shape index (κ3) is 7.03. The van der Waals surface area contributed by atoms with E-state index in [1.807, 2.05) is 6.07 Å². The van der Waals surface area contributed by atoms with E-state index in [9.17, 15) is 0 Å². The minimum absolute atomic E-state index is 0. The lowest BCUT2D eigenvalue weighted by molar-refractivity contribution is 0.843. The predicted octanol–water partition coefficient (Wildman–Crippen LogP) is 3.61. The van der Waals surface area contributed by atoms with Crippen LogP contribution in [0.3, 0.4) is 0 Å². The van der Waals surface area contributed by atoms with Gasteiger partial charge in [0.15, 0.2) is 5.96 Å². The average Bonchev–Trinajstić information content (AvgIpc) is 2.50. The maximum absolute atomic E-state index is 5.90. The molecule has 3 nitrogen and oxygen atoms in total. The van der Waals surface area contributed by atoms with Gasteiger partial charge in [0.2, 0.25) is 0 Å². The fourth-order valence-electron chi connectivity index (χ4n) is 2.46. The van der Waals surface area contributed by atoms with Crippen molar-refractivity contribution in [3.63, 3.8) is 0 Å². The first-order valence-corrected chi connectivity index (χ1v) is 7.79. The van der Waals surface area contributed by atoms with Gasteiger partial charge < -0.3 is 11.1 Å². The molecule has 23 heavy (non-hydrogen) atoms. The van der Waals surface area contributed by atoms with Gasteiger partial charge in [0.25, 0.3) is 0 Å². The van der Waals surface area contributed by atoms with Gasteiger partial charge in [0.1, 0.15) is 0 Å². The molecule has 2 aromatic rings. The zero-order valence-corrected chi connectivity index (χ0v) is 16.2. The Morgan fingerprint density at radius 2 is 1.78 bits per heavy atom. The van der Waals surface area contributed by atoms with Crippen molar-refractivity contribution in [1.82, 2.24) is 5.32 Å². The van der Waals surface area contributed by atoms with Gasteiger partial charge in [-0.2, -0.15) is 0 Å². The third-order valence-corrected chi connectivity index (χ3v) is 3.72. The first-order valence-electron chi connectivity index (χ1n) is 7.79. The van der Waals surface area contributed by atoms with Crippen molar-refractivity contribution >= 4 is 29.9 Å². The number of aryl methyl sites for hydroxylation is 2. The van der Waals surface area contributed by atoms with Crippen LogP contribution in [0, 0.1) is 13.8 Å². The van der Waals surface area contributed by atoms with Crippen LogP contribution in [0.4, 0.5) is 0 Å². The summed E-state index contributed by atoms with van der Waals surface area (Å²) in [7, 11) is 0. The number of rotatable bonds is 6. The molecule has 0 heterocycles. The largest absolute Gasteiger partial charge is 0.370 e. The van der Waals surface area contributed by atoms with Crippen LogP contribution in [0.25, 0.3) is 0 Å². The highest BCUT2D eigenvalue weighted by atomic mass is 127. The summed E-state index contributed by atoms with van der Waals surface area (Å²) in [5.41, 5.74) is 11.2. The highest BCUT2D eigenvalue weighted by molar-refractivity contribution is 14.0. The quantitative estimate of drug-likeness (QED) is 0.424. The van der Waals surface area contributed by atoms with E-state index in [0.717, 1.165) is 19.4 Å². The summed E-state index contributed by atoms with van der Waals surface area (Å²) in [4.78, 5) is 4.40. The molecule has 0 aromatic heterocycles. The normalized spacial score (nSPS) is 11.0. The predicted molar refractivity (Wildman–Crippen MR) is 110 cm³/mol. The van der Waals surface area contributed by atoms with Crippen molar-refractivity contribution in [1.29, 1.82) is 0 Å². The van der Waals surface area contributed by atoms with Gasteiger partial charge in [-0.15, -0.1) is 24.0 Å². The second-order valence-corrected chi connectivity index (χ2v) is 5.61. The van der Waals surface area contributed by atoms with Crippen LogP contribution in [0.5, 0.6) is 0 Å². The molecule has 124 valence electrons. The molecule has 0 radical (unpaired) electrons. The minimum atomic E-state index is 0. The van der Waals surface area contributed by atoms with Gasteiger partial charge in [-0.3, -0.25) is 4.99 Å². The highest BCUT2D eigenvalue weighted by Gasteiger charge is 1.99. The molecule has 0 saturated heterocycles. The number of guanidine groups is 1. The maximum atomic E-state index is 5.90. The van der Waals surface area contributed by atoms with E-state index in [-0.39, 0.29) is 24.0 Å². The van der Waals surface area contributed by atoms with Gasteiger partial charge in [0.05, 0.1) is 0 Å². The van der Waals surface area contributed by atoms with Crippen LogP contribution in [-0.2, 0) is 12.8 Å². The molecule has 0 spiro atoms. The molecular weight excluding hydrogens is 397 g/mol. The summed E-state index contributed by atoms with van der Waals surface area (Å²) >= 11 is 0. The summed E-state index contributed by atoms with van der Waals surface area (Å²) in [6.45, 7) is 5.79. The molecule has 0 aliphatic rings. The Bertz CT molecular complexity index is 624. The van der Waals surface area contributed by atoms with Crippen LogP contribution in [0.15, 0.2) is 53.5 Å². The van der Waals surface area contributed by atoms with E-state index in [4.69, 9.17) is 5.73 Å². The van der Waals surface area contributed by atoms with Crippen molar-refractivity contribution < 1.29 is 0 Å². The molecule has 0 amide bonds. The number of benzene rings is 2. The summed E-state index contributed by atoms with van der Waals surface area (Å²) in [6.07, 6.45) is 1.88. The minimum Gasteiger partial charge on any atom is -0.370 e. The van der Waals surface area contributed by atoms with Crippen molar-refractivity contribution in [2.45, 2.75) is 26.7 Å². The van der Waals surface area contributed by atoms with Crippen LogP contribution in [0.2, 0.25) is 0 Å². The van der Waals surface area contributed by atoms with Crippen LogP contribution in [-0.4, -0.2) is 19.0 Å². The van der Waals surface area contributed by atoms with Gasteiger partial charge in [-0.05, 0) is 43.4 Å². The van der Waals surface area contributed by atoms with E-state index >= 15 is 0 Å². The number of halogens is 1.